The van der Waals surface area contributed by atoms with Gasteiger partial charge < -0.3 is 10.1 Å². The zero-order chi connectivity index (χ0) is 15.4. The third-order valence-corrected chi connectivity index (χ3v) is 3.53. The van der Waals surface area contributed by atoms with Crippen LogP contribution >= 0.6 is 23.2 Å². The van der Waals surface area contributed by atoms with Gasteiger partial charge in [-0.3, -0.25) is 9.89 Å². The van der Waals surface area contributed by atoms with Crippen molar-refractivity contribution >= 4 is 29.1 Å². The Morgan fingerprint density at radius 1 is 1.38 bits per heavy atom. The number of nitrogens with one attached hydrogen (secondary N) is 2. The largest absolute Gasteiger partial charge is 0.482 e. The van der Waals surface area contributed by atoms with E-state index in [0.717, 1.165) is 17.0 Å². The Hall–Kier alpha value is -1.72. The molecule has 0 saturated carbocycles. The van der Waals surface area contributed by atoms with Crippen LogP contribution in [-0.2, 0) is 11.3 Å². The van der Waals surface area contributed by atoms with Crippen LogP contribution in [0.2, 0.25) is 10.0 Å². The van der Waals surface area contributed by atoms with Gasteiger partial charge in [-0.05, 0) is 32.0 Å². The zero-order valence-electron chi connectivity index (χ0n) is 11.7. The van der Waals surface area contributed by atoms with Crippen molar-refractivity contribution in [1.82, 2.24) is 15.5 Å². The molecule has 0 bridgehead atoms. The first kappa shape index (κ1) is 15.7. The molecule has 1 aromatic carbocycles. The monoisotopic (exact) mass is 327 g/mol. The van der Waals surface area contributed by atoms with Gasteiger partial charge in [0.15, 0.2) is 6.61 Å². The molecule has 21 heavy (non-hydrogen) atoms. The lowest BCUT2D eigenvalue weighted by Crippen LogP contribution is -2.28. The van der Waals surface area contributed by atoms with Crippen molar-refractivity contribution in [2.45, 2.75) is 20.4 Å². The van der Waals surface area contributed by atoms with Gasteiger partial charge in [0.1, 0.15) is 5.75 Å². The highest BCUT2D eigenvalue weighted by atomic mass is 35.5. The Bertz CT molecular complexity index is 636. The molecule has 0 aliphatic heterocycles. The number of amides is 1. The molecule has 2 N–H and O–H groups in total. The number of H-pyrrole nitrogens is 1. The van der Waals surface area contributed by atoms with Gasteiger partial charge in [-0.2, -0.15) is 5.10 Å². The molecular formula is C14H15Cl2N3O2. The minimum atomic E-state index is -0.235. The maximum absolute atomic E-state index is 11.8. The van der Waals surface area contributed by atoms with Crippen LogP contribution in [0.15, 0.2) is 18.2 Å². The van der Waals surface area contributed by atoms with Crippen LogP contribution in [0.4, 0.5) is 0 Å². The predicted octanol–water partition coefficient (Wildman–Crippen LogP) is 3.03. The summed E-state index contributed by atoms with van der Waals surface area (Å²) in [5.74, 6) is 0.188. The molecule has 0 aliphatic rings. The SMILES string of the molecule is Cc1n[nH]c(C)c1CNC(=O)COc1ccc(Cl)cc1Cl. The lowest BCUT2D eigenvalue weighted by molar-refractivity contribution is -0.123. The fraction of sp³-hybridized carbons (Fsp3) is 0.286. The number of carbonyl (C=O) groups excluding carboxylic acids is 1. The van der Waals surface area contributed by atoms with E-state index in [1.54, 1.807) is 18.2 Å². The molecule has 0 fully saturated rings. The number of aromatic nitrogens is 2. The minimum absolute atomic E-state index is 0.114. The Kier molecular flexibility index (Phi) is 5.09. The van der Waals surface area contributed by atoms with Crippen LogP contribution in [0.5, 0.6) is 5.75 Å². The standard InChI is InChI=1S/C14H15Cl2N3O2/c1-8-11(9(2)19-18-8)6-17-14(20)7-21-13-4-3-10(15)5-12(13)16/h3-5H,6-7H2,1-2H3,(H,17,20)(H,18,19). The van der Waals surface area contributed by atoms with Crippen LogP contribution in [0.25, 0.3) is 0 Å². The number of rotatable bonds is 5. The molecule has 0 saturated heterocycles. The van der Waals surface area contributed by atoms with Crippen molar-refractivity contribution in [1.29, 1.82) is 0 Å². The van der Waals surface area contributed by atoms with Gasteiger partial charge >= 0.3 is 0 Å². The average molecular weight is 328 g/mol. The van der Waals surface area contributed by atoms with Crippen LogP contribution in [0.1, 0.15) is 17.0 Å². The van der Waals surface area contributed by atoms with E-state index in [1.165, 1.54) is 0 Å². The molecule has 2 aromatic rings. The first-order chi connectivity index (χ1) is 9.97. The maximum Gasteiger partial charge on any atom is 0.258 e. The molecular weight excluding hydrogens is 313 g/mol. The van der Waals surface area contributed by atoms with Gasteiger partial charge in [0.25, 0.3) is 5.91 Å². The van der Waals surface area contributed by atoms with E-state index in [9.17, 15) is 4.79 Å². The second-order valence-corrected chi connectivity index (χ2v) is 5.40. The third-order valence-electron chi connectivity index (χ3n) is 3.00. The van der Waals surface area contributed by atoms with Gasteiger partial charge in [0, 0.05) is 22.8 Å². The highest BCUT2D eigenvalue weighted by Gasteiger charge is 2.09. The minimum Gasteiger partial charge on any atom is -0.482 e. The van der Waals surface area contributed by atoms with Crippen molar-refractivity contribution in [2.75, 3.05) is 6.61 Å². The summed E-state index contributed by atoms with van der Waals surface area (Å²) in [7, 11) is 0. The smallest absolute Gasteiger partial charge is 0.258 e. The number of hydrogen-bond donors (Lipinski definition) is 2. The lowest BCUT2D eigenvalue weighted by atomic mass is 10.2. The Morgan fingerprint density at radius 3 is 2.76 bits per heavy atom. The number of benzene rings is 1. The number of ether oxygens (including phenoxy) is 1. The number of halogens is 2. The van der Waals surface area contributed by atoms with E-state index in [1.807, 2.05) is 13.8 Å². The molecule has 0 atom stereocenters. The summed E-state index contributed by atoms with van der Waals surface area (Å²) in [6.45, 7) is 4.09. The summed E-state index contributed by atoms with van der Waals surface area (Å²) in [6, 6.07) is 4.84. The molecule has 0 aliphatic carbocycles. The van der Waals surface area contributed by atoms with Crippen molar-refractivity contribution in [3.05, 3.63) is 45.2 Å². The van der Waals surface area contributed by atoms with Crippen molar-refractivity contribution in [2.24, 2.45) is 0 Å². The summed E-state index contributed by atoms with van der Waals surface area (Å²) in [5, 5.41) is 10.6. The van der Waals surface area contributed by atoms with E-state index in [4.69, 9.17) is 27.9 Å². The summed E-state index contributed by atoms with van der Waals surface area (Å²) >= 11 is 11.7. The topological polar surface area (TPSA) is 67.0 Å². The van der Waals surface area contributed by atoms with Gasteiger partial charge in [-0.1, -0.05) is 23.2 Å². The van der Waals surface area contributed by atoms with Crippen LogP contribution < -0.4 is 10.1 Å². The van der Waals surface area contributed by atoms with E-state index in [2.05, 4.69) is 15.5 Å². The summed E-state index contributed by atoms with van der Waals surface area (Å²) in [6.07, 6.45) is 0. The second-order valence-electron chi connectivity index (χ2n) is 4.55. The first-order valence-corrected chi connectivity index (χ1v) is 7.08. The molecule has 1 amide bonds. The van der Waals surface area contributed by atoms with Crippen molar-refractivity contribution in [3.63, 3.8) is 0 Å². The van der Waals surface area contributed by atoms with Gasteiger partial charge in [-0.25, -0.2) is 0 Å². The maximum atomic E-state index is 11.8. The molecule has 1 aromatic heterocycles. The number of nitrogens with zero attached hydrogens (tertiary/aromatic N) is 1. The van der Waals surface area contributed by atoms with Gasteiger partial charge in [-0.15, -0.1) is 0 Å². The molecule has 1 heterocycles. The number of aryl methyl sites for hydroxylation is 2. The van der Waals surface area contributed by atoms with E-state index < -0.39 is 0 Å². The summed E-state index contributed by atoms with van der Waals surface area (Å²) in [5.41, 5.74) is 2.79. The van der Waals surface area contributed by atoms with Crippen molar-refractivity contribution < 1.29 is 9.53 Å². The molecule has 7 heteroatoms. The van der Waals surface area contributed by atoms with Crippen molar-refractivity contribution in [3.8, 4) is 5.75 Å². The molecule has 0 unspecified atom stereocenters. The fourth-order valence-corrected chi connectivity index (χ4v) is 2.27. The number of hydrogen-bond acceptors (Lipinski definition) is 3. The van der Waals surface area contributed by atoms with Crippen LogP contribution in [0, 0.1) is 13.8 Å². The molecule has 5 nitrogen and oxygen atoms in total. The summed E-state index contributed by atoms with van der Waals surface area (Å²) < 4.78 is 5.36. The van der Waals surface area contributed by atoms with Crippen LogP contribution in [0.3, 0.4) is 0 Å². The fourth-order valence-electron chi connectivity index (χ4n) is 1.81. The quantitative estimate of drug-likeness (QED) is 0.886. The Balaban J connectivity index is 1.85. The highest BCUT2D eigenvalue weighted by Crippen LogP contribution is 2.27. The molecule has 112 valence electrons. The zero-order valence-corrected chi connectivity index (χ0v) is 13.2. The molecule has 2 rings (SSSR count). The second kappa shape index (κ2) is 6.83. The Labute approximate surface area is 132 Å². The lowest BCUT2D eigenvalue weighted by Gasteiger charge is -2.09. The van der Waals surface area contributed by atoms with E-state index in [-0.39, 0.29) is 12.5 Å². The first-order valence-electron chi connectivity index (χ1n) is 6.32. The third kappa shape index (κ3) is 4.12. The Morgan fingerprint density at radius 2 is 2.14 bits per heavy atom. The number of aromatic amines is 1. The predicted molar refractivity (Wildman–Crippen MR) is 81.9 cm³/mol. The average Bonchev–Trinajstić information content (AvgIpc) is 2.75. The van der Waals surface area contributed by atoms with E-state index in [0.29, 0.717) is 22.3 Å². The van der Waals surface area contributed by atoms with E-state index >= 15 is 0 Å². The number of carbonyl (C=O) groups is 1. The summed E-state index contributed by atoms with van der Waals surface area (Å²) in [4.78, 5) is 11.8. The van der Waals surface area contributed by atoms with Gasteiger partial charge in [0.2, 0.25) is 0 Å². The van der Waals surface area contributed by atoms with Gasteiger partial charge in [0.05, 0.1) is 10.7 Å². The highest BCUT2D eigenvalue weighted by molar-refractivity contribution is 6.35. The van der Waals surface area contributed by atoms with Crippen LogP contribution in [-0.4, -0.2) is 22.7 Å². The molecule has 0 spiro atoms. The molecule has 0 radical (unpaired) electrons. The normalized spacial score (nSPS) is 10.5.